The summed E-state index contributed by atoms with van der Waals surface area (Å²) in [5.41, 5.74) is 1.52. The molecular weight excluding hydrogens is 216 g/mol. The van der Waals surface area contributed by atoms with Gasteiger partial charge in [0, 0.05) is 6.42 Å². The van der Waals surface area contributed by atoms with Crippen molar-refractivity contribution < 1.29 is 15.3 Å². The number of rotatable bonds is 3. The highest BCUT2D eigenvalue weighted by Gasteiger charge is 2.23. The smallest absolute Gasteiger partial charge is 0.115 e. The maximum atomic E-state index is 10.1. The highest BCUT2D eigenvalue weighted by molar-refractivity contribution is 5.40. The molecule has 96 valence electrons. The van der Waals surface area contributed by atoms with Crippen LogP contribution >= 0.6 is 0 Å². The minimum Gasteiger partial charge on any atom is -0.508 e. The molecule has 1 aromatic rings. The molecular formula is C14H22O3. The van der Waals surface area contributed by atoms with E-state index < -0.39 is 12.2 Å². The lowest BCUT2D eigenvalue weighted by atomic mass is 9.81. The maximum Gasteiger partial charge on any atom is 0.115 e. The van der Waals surface area contributed by atoms with E-state index in [1.807, 2.05) is 20.8 Å². The monoisotopic (exact) mass is 238 g/mol. The van der Waals surface area contributed by atoms with Gasteiger partial charge < -0.3 is 15.3 Å². The minimum absolute atomic E-state index is 0.159. The summed E-state index contributed by atoms with van der Waals surface area (Å²) in [4.78, 5) is 0. The van der Waals surface area contributed by atoms with Gasteiger partial charge in [-0.3, -0.25) is 0 Å². The van der Waals surface area contributed by atoms with E-state index in [0.29, 0.717) is 6.42 Å². The molecule has 0 saturated heterocycles. The van der Waals surface area contributed by atoms with E-state index in [0.717, 1.165) is 11.1 Å². The van der Waals surface area contributed by atoms with Gasteiger partial charge in [0.1, 0.15) is 5.75 Å². The highest BCUT2D eigenvalue weighted by Crippen LogP contribution is 2.33. The lowest BCUT2D eigenvalue weighted by molar-refractivity contribution is 0.0896. The van der Waals surface area contributed by atoms with Gasteiger partial charge in [0.25, 0.3) is 0 Å². The second-order valence-corrected chi connectivity index (χ2v) is 5.62. The van der Waals surface area contributed by atoms with E-state index in [-0.39, 0.29) is 11.2 Å². The number of benzene rings is 1. The third-order valence-electron chi connectivity index (χ3n) is 2.77. The quantitative estimate of drug-likeness (QED) is 0.758. The molecule has 0 fully saturated rings. The van der Waals surface area contributed by atoms with E-state index in [2.05, 4.69) is 0 Å². The summed E-state index contributed by atoms with van der Waals surface area (Å²) in [5, 5.41) is 28.9. The van der Waals surface area contributed by atoms with Crippen molar-refractivity contribution in [2.24, 2.45) is 0 Å². The van der Waals surface area contributed by atoms with Gasteiger partial charge in [-0.1, -0.05) is 26.8 Å². The third kappa shape index (κ3) is 3.72. The summed E-state index contributed by atoms with van der Waals surface area (Å²) >= 11 is 0. The molecule has 1 rings (SSSR count). The van der Waals surface area contributed by atoms with Crippen molar-refractivity contribution in [3.05, 3.63) is 29.3 Å². The van der Waals surface area contributed by atoms with Gasteiger partial charge in [-0.05, 0) is 35.6 Å². The van der Waals surface area contributed by atoms with Crippen molar-refractivity contribution in [2.75, 3.05) is 0 Å². The summed E-state index contributed by atoms with van der Waals surface area (Å²) in [7, 11) is 0. The predicted octanol–water partition coefficient (Wildman–Crippen LogP) is 2.49. The first kappa shape index (κ1) is 14.0. The molecule has 0 radical (unpaired) electrons. The van der Waals surface area contributed by atoms with E-state index >= 15 is 0 Å². The molecule has 2 unspecified atom stereocenters. The van der Waals surface area contributed by atoms with Crippen LogP contribution in [0.4, 0.5) is 0 Å². The number of phenols is 1. The molecule has 3 nitrogen and oxygen atoms in total. The van der Waals surface area contributed by atoms with Gasteiger partial charge in [0.2, 0.25) is 0 Å². The Balaban J connectivity index is 3.15. The average molecular weight is 238 g/mol. The van der Waals surface area contributed by atoms with Crippen molar-refractivity contribution >= 4 is 0 Å². The van der Waals surface area contributed by atoms with Crippen LogP contribution < -0.4 is 0 Å². The second-order valence-electron chi connectivity index (χ2n) is 5.62. The number of aliphatic hydroxyl groups excluding tert-OH is 2. The van der Waals surface area contributed by atoms with E-state index in [1.165, 1.54) is 0 Å². The van der Waals surface area contributed by atoms with Gasteiger partial charge in [0.15, 0.2) is 0 Å². The van der Waals surface area contributed by atoms with Crippen molar-refractivity contribution in [3.8, 4) is 5.75 Å². The number of hydrogen-bond acceptors (Lipinski definition) is 3. The van der Waals surface area contributed by atoms with Crippen LogP contribution in [0.2, 0.25) is 0 Å². The molecule has 17 heavy (non-hydrogen) atoms. The number of aliphatic hydroxyl groups is 2. The Bertz CT molecular complexity index is 378. The summed E-state index contributed by atoms with van der Waals surface area (Å²) in [6, 6.07) is 4.97. The topological polar surface area (TPSA) is 60.7 Å². The number of phenolic OH excluding ortho intramolecular Hbond substituents is 1. The fourth-order valence-electron chi connectivity index (χ4n) is 1.93. The maximum absolute atomic E-state index is 10.1. The Kier molecular flexibility index (Phi) is 4.17. The fraction of sp³-hybridized carbons (Fsp3) is 0.571. The molecule has 0 heterocycles. The summed E-state index contributed by atoms with van der Waals surface area (Å²) in [6.07, 6.45) is -0.954. The largest absolute Gasteiger partial charge is 0.508 e. The molecule has 0 aliphatic heterocycles. The fourth-order valence-corrected chi connectivity index (χ4v) is 1.93. The van der Waals surface area contributed by atoms with Crippen LogP contribution in [0.25, 0.3) is 0 Å². The van der Waals surface area contributed by atoms with Gasteiger partial charge in [-0.2, -0.15) is 0 Å². The van der Waals surface area contributed by atoms with Crippen LogP contribution in [0, 0.1) is 0 Å². The Morgan fingerprint density at radius 2 is 1.76 bits per heavy atom. The second kappa shape index (κ2) is 5.07. The van der Waals surface area contributed by atoms with Crippen LogP contribution in [0.3, 0.4) is 0 Å². The molecule has 0 saturated carbocycles. The molecule has 3 N–H and O–H groups in total. The van der Waals surface area contributed by atoms with Gasteiger partial charge in [-0.25, -0.2) is 0 Å². The lowest BCUT2D eigenvalue weighted by Gasteiger charge is -2.26. The standard InChI is InChI=1S/C14H22O3/c1-9(15)7-13(17)11-6-5-10(16)8-12(11)14(2,3)4/h5-6,8-9,13,15-17H,7H2,1-4H3. The molecule has 0 aliphatic rings. The highest BCUT2D eigenvalue weighted by atomic mass is 16.3. The Morgan fingerprint density at radius 1 is 1.18 bits per heavy atom. The van der Waals surface area contributed by atoms with Gasteiger partial charge >= 0.3 is 0 Å². The van der Waals surface area contributed by atoms with Crippen LogP contribution in [0.15, 0.2) is 18.2 Å². The molecule has 2 atom stereocenters. The zero-order valence-electron chi connectivity index (χ0n) is 10.9. The first-order chi connectivity index (χ1) is 7.71. The minimum atomic E-state index is -0.704. The average Bonchev–Trinajstić information content (AvgIpc) is 2.14. The Morgan fingerprint density at radius 3 is 2.24 bits per heavy atom. The molecule has 1 aromatic carbocycles. The zero-order valence-corrected chi connectivity index (χ0v) is 10.9. The summed E-state index contributed by atoms with van der Waals surface area (Å²) < 4.78 is 0. The molecule has 0 spiro atoms. The SMILES string of the molecule is CC(O)CC(O)c1ccc(O)cc1C(C)(C)C. The lowest BCUT2D eigenvalue weighted by Crippen LogP contribution is -2.18. The van der Waals surface area contributed by atoms with Crippen LogP contribution in [-0.2, 0) is 5.41 Å². The Hall–Kier alpha value is -1.06. The van der Waals surface area contributed by atoms with E-state index in [4.69, 9.17) is 0 Å². The first-order valence-corrected chi connectivity index (χ1v) is 5.91. The van der Waals surface area contributed by atoms with Crippen molar-refractivity contribution in [1.29, 1.82) is 0 Å². The number of hydrogen-bond donors (Lipinski definition) is 3. The van der Waals surface area contributed by atoms with Crippen molar-refractivity contribution in [2.45, 2.75) is 51.7 Å². The van der Waals surface area contributed by atoms with Crippen LogP contribution in [-0.4, -0.2) is 21.4 Å². The predicted molar refractivity (Wildman–Crippen MR) is 68.1 cm³/mol. The third-order valence-corrected chi connectivity index (χ3v) is 2.77. The van der Waals surface area contributed by atoms with Crippen LogP contribution in [0.5, 0.6) is 5.75 Å². The van der Waals surface area contributed by atoms with E-state index in [9.17, 15) is 15.3 Å². The molecule has 0 bridgehead atoms. The molecule has 0 aliphatic carbocycles. The Labute approximate surface area is 103 Å². The normalized spacial score (nSPS) is 15.6. The molecule has 0 amide bonds. The van der Waals surface area contributed by atoms with Gasteiger partial charge in [0.05, 0.1) is 12.2 Å². The molecule has 3 heteroatoms. The van der Waals surface area contributed by atoms with Crippen LogP contribution in [0.1, 0.15) is 51.3 Å². The van der Waals surface area contributed by atoms with E-state index in [1.54, 1.807) is 25.1 Å². The van der Waals surface area contributed by atoms with Gasteiger partial charge in [-0.15, -0.1) is 0 Å². The zero-order chi connectivity index (χ0) is 13.2. The summed E-state index contributed by atoms with van der Waals surface area (Å²) in [5.74, 6) is 0.197. The number of aromatic hydroxyl groups is 1. The summed E-state index contributed by atoms with van der Waals surface area (Å²) in [6.45, 7) is 7.74. The molecule has 0 aromatic heterocycles. The van der Waals surface area contributed by atoms with Crippen molar-refractivity contribution in [1.82, 2.24) is 0 Å². The van der Waals surface area contributed by atoms with Crippen molar-refractivity contribution in [3.63, 3.8) is 0 Å². The first-order valence-electron chi connectivity index (χ1n) is 5.91.